The quantitative estimate of drug-likeness (QED) is 0.679. The number of hydrogen-bond donors (Lipinski definition) is 1. The van der Waals surface area contributed by atoms with Crippen molar-refractivity contribution in [3.05, 3.63) is 18.3 Å². The number of carboxylic acids is 1. The van der Waals surface area contributed by atoms with E-state index in [4.69, 9.17) is 5.11 Å². The van der Waals surface area contributed by atoms with Crippen LogP contribution in [0.2, 0.25) is 0 Å². The molecule has 0 atom stereocenters. The summed E-state index contributed by atoms with van der Waals surface area (Å²) in [4.78, 5) is 14.1. The molecular weight excluding hydrogens is 158 g/mol. The molecule has 0 amide bonds. The van der Waals surface area contributed by atoms with Gasteiger partial charge in [0.25, 0.3) is 0 Å². The van der Waals surface area contributed by atoms with Crippen molar-refractivity contribution >= 4 is 24.7 Å². The highest BCUT2D eigenvalue weighted by Gasteiger charge is 2.13. The summed E-state index contributed by atoms with van der Waals surface area (Å²) >= 11 is 0. The van der Waals surface area contributed by atoms with Crippen LogP contribution in [0.1, 0.15) is 10.4 Å². The fraction of sp³-hybridized carbons (Fsp3) is 0. The third-order valence-electron chi connectivity index (χ3n) is 1.32. The third kappa shape index (κ3) is 1.12. The first-order valence-electron chi connectivity index (χ1n) is 3.10. The van der Waals surface area contributed by atoms with Crippen LogP contribution in [0.25, 0.3) is 6.20 Å². The SMILES string of the molecule is C=Cn1ncc(C(=O)O)c1N=C. The molecule has 1 heterocycles. The van der Waals surface area contributed by atoms with Gasteiger partial charge < -0.3 is 5.11 Å². The zero-order valence-corrected chi connectivity index (χ0v) is 6.27. The number of rotatable bonds is 3. The molecule has 0 fully saturated rings. The maximum atomic E-state index is 10.5. The van der Waals surface area contributed by atoms with Crippen molar-refractivity contribution in [3.8, 4) is 0 Å². The van der Waals surface area contributed by atoms with Crippen molar-refractivity contribution in [1.29, 1.82) is 0 Å². The van der Waals surface area contributed by atoms with E-state index in [0.717, 1.165) is 0 Å². The number of aliphatic imine (C=N–C) groups is 1. The lowest BCUT2D eigenvalue weighted by Gasteiger charge is -1.94. The van der Waals surface area contributed by atoms with Crippen LogP contribution in [-0.2, 0) is 0 Å². The van der Waals surface area contributed by atoms with Crippen molar-refractivity contribution in [2.24, 2.45) is 4.99 Å². The molecule has 5 nitrogen and oxygen atoms in total. The van der Waals surface area contributed by atoms with Gasteiger partial charge in [0, 0.05) is 6.20 Å². The average molecular weight is 165 g/mol. The first-order chi connectivity index (χ1) is 5.70. The van der Waals surface area contributed by atoms with Gasteiger partial charge in [-0.25, -0.2) is 14.5 Å². The number of carboxylic acid groups (broad SMARTS) is 1. The summed E-state index contributed by atoms with van der Waals surface area (Å²) in [6.45, 7) is 6.66. The van der Waals surface area contributed by atoms with E-state index in [9.17, 15) is 4.79 Å². The first-order valence-corrected chi connectivity index (χ1v) is 3.10. The van der Waals surface area contributed by atoms with E-state index >= 15 is 0 Å². The third-order valence-corrected chi connectivity index (χ3v) is 1.32. The van der Waals surface area contributed by atoms with Crippen molar-refractivity contribution in [2.45, 2.75) is 0 Å². The second-order valence-corrected chi connectivity index (χ2v) is 1.97. The van der Waals surface area contributed by atoms with Gasteiger partial charge in [0.2, 0.25) is 0 Å². The molecule has 1 rings (SSSR count). The molecule has 0 aliphatic carbocycles. The molecule has 1 aromatic heterocycles. The largest absolute Gasteiger partial charge is 0.477 e. The number of nitrogens with zero attached hydrogens (tertiary/aromatic N) is 3. The van der Waals surface area contributed by atoms with Crippen LogP contribution in [-0.4, -0.2) is 27.6 Å². The minimum absolute atomic E-state index is 0.0184. The Labute approximate surface area is 68.7 Å². The molecule has 0 radical (unpaired) electrons. The van der Waals surface area contributed by atoms with Crippen LogP contribution in [0.3, 0.4) is 0 Å². The Balaban J connectivity index is 3.31. The predicted octanol–water partition coefficient (Wildman–Crippen LogP) is 1.01. The van der Waals surface area contributed by atoms with Gasteiger partial charge in [-0.2, -0.15) is 5.10 Å². The molecule has 1 N–H and O–H groups in total. The molecule has 1 aromatic rings. The minimum Gasteiger partial charge on any atom is -0.477 e. The molecule has 5 heteroatoms. The van der Waals surface area contributed by atoms with Crippen molar-refractivity contribution < 1.29 is 9.90 Å². The van der Waals surface area contributed by atoms with Gasteiger partial charge in [0.1, 0.15) is 5.56 Å². The zero-order valence-electron chi connectivity index (χ0n) is 6.27. The molecule has 0 aliphatic rings. The van der Waals surface area contributed by atoms with Gasteiger partial charge in [-0.3, -0.25) is 0 Å². The number of carbonyl (C=O) groups is 1. The lowest BCUT2D eigenvalue weighted by Crippen LogP contribution is -1.94. The highest BCUT2D eigenvalue weighted by Crippen LogP contribution is 2.17. The number of aromatic carboxylic acids is 1. The standard InChI is InChI=1S/C7H7N3O2/c1-3-10-6(8-2)5(4-9-10)7(11)12/h3-4H,1-2H2,(H,11,12). The summed E-state index contributed by atoms with van der Waals surface area (Å²) in [6, 6.07) is 0. The lowest BCUT2D eigenvalue weighted by molar-refractivity contribution is 0.0698. The summed E-state index contributed by atoms with van der Waals surface area (Å²) in [6.07, 6.45) is 2.56. The molecule has 62 valence electrons. The van der Waals surface area contributed by atoms with E-state index in [0.29, 0.717) is 0 Å². The predicted molar refractivity (Wildman–Crippen MR) is 44.8 cm³/mol. The molecule has 0 spiro atoms. The minimum atomic E-state index is -1.08. The molecular formula is C7H7N3O2. The Morgan fingerprint density at radius 1 is 1.83 bits per heavy atom. The van der Waals surface area contributed by atoms with Crippen molar-refractivity contribution in [2.75, 3.05) is 0 Å². The maximum Gasteiger partial charge on any atom is 0.341 e. The average Bonchev–Trinajstić information content (AvgIpc) is 2.46. The second kappa shape index (κ2) is 3.00. The normalized spacial score (nSPS) is 9.33. The van der Waals surface area contributed by atoms with E-state index in [1.54, 1.807) is 0 Å². The fourth-order valence-corrected chi connectivity index (χ4v) is 0.798. The molecule has 0 bridgehead atoms. The smallest absolute Gasteiger partial charge is 0.341 e. The van der Waals surface area contributed by atoms with Gasteiger partial charge in [0.15, 0.2) is 5.82 Å². The lowest BCUT2D eigenvalue weighted by atomic mass is 10.3. The van der Waals surface area contributed by atoms with Gasteiger partial charge in [0.05, 0.1) is 6.20 Å². The fourth-order valence-electron chi connectivity index (χ4n) is 0.798. The Hall–Kier alpha value is -1.91. The van der Waals surface area contributed by atoms with E-state index in [1.165, 1.54) is 17.1 Å². The molecule has 12 heavy (non-hydrogen) atoms. The van der Waals surface area contributed by atoms with Crippen LogP contribution >= 0.6 is 0 Å². The maximum absolute atomic E-state index is 10.5. The highest BCUT2D eigenvalue weighted by molar-refractivity contribution is 5.92. The van der Waals surface area contributed by atoms with Gasteiger partial charge >= 0.3 is 5.97 Å². The van der Waals surface area contributed by atoms with Crippen molar-refractivity contribution in [1.82, 2.24) is 9.78 Å². The monoisotopic (exact) mass is 165 g/mol. The van der Waals surface area contributed by atoms with Crippen LogP contribution in [0.5, 0.6) is 0 Å². The molecule has 0 saturated heterocycles. The topological polar surface area (TPSA) is 67.5 Å². The molecule has 0 aliphatic heterocycles. The summed E-state index contributed by atoms with van der Waals surface area (Å²) in [5, 5.41) is 12.3. The first kappa shape index (κ1) is 8.19. The summed E-state index contributed by atoms with van der Waals surface area (Å²) in [7, 11) is 0. The Morgan fingerprint density at radius 2 is 2.50 bits per heavy atom. The van der Waals surface area contributed by atoms with E-state index in [-0.39, 0.29) is 11.4 Å². The molecule has 0 saturated carbocycles. The van der Waals surface area contributed by atoms with Crippen LogP contribution in [0.15, 0.2) is 17.8 Å². The number of aromatic nitrogens is 2. The second-order valence-electron chi connectivity index (χ2n) is 1.97. The Bertz CT molecular complexity index is 340. The molecule has 0 aromatic carbocycles. The molecule has 0 unspecified atom stereocenters. The Kier molecular flexibility index (Phi) is 2.05. The van der Waals surface area contributed by atoms with E-state index in [1.807, 2.05) is 0 Å². The van der Waals surface area contributed by atoms with Gasteiger partial charge in [-0.1, -0.05) is 6.58 Å². The summed E-state index contributed by atoms with van der Waals surface area (Å²) in [5.41, 5.74) is 0.0184. The van der Waals surface area contributed by atoms with Crippen molar-refractivity contribution in [3.63, 3.8) is 0 Å². The Morgan fingerprint density at radius 3 is 2.92 bits per heavy atom. The summed E-state index contributed by atoms with van der Waals surface area (Å²) in [5.74, 6) is -0.886. The van der Waals surface area contributed by atoms with Crippen LogP contribution < -0.4 is 0 Å². The number of hydrogen-bond acceptors (Lipinski definition) is 3. The zero-order chi connectivity index (χ0) is 9.14. The highest BCUT2D eigenvalue weighted by atomic mass is 16.4. The van der Waals surface area contributed by atoms with Gasteiger partial charge in [-0.05, 0) is 6.72 Å². The summed E-state index contributed by atoms with van der Waals surface area (Å²) < 4.78 is 1.25. The van der Waals surface area contributed by atoms with E-state index < -0.39 is 5.97 Å². The van der Waals surface area contributed by atoms with Gasteiger partial charge in [-0.15, -0.1) is 0 Å². The van der Waals surface area contributed by atoms with E-state index in [2.05, 4.69) is 23.4 Å². The van der Waals surface area contributed by atoms with Crippen LogP contribution in [0.4, 0.5) is 5.82 Å². The van der Waals surface area contributed by atoms with Crippen LogP contribution in [0, 0.1) is 0 Å².